The van der Waals surface area contributed by atoms with E-state index < -0.39 is 11.4 Å². The minimum absolute atomic E-state index is 0.558. The third-order valence-corrected chi connectivity index (χ3v) is 4.28. The van der Waals surface area contributed by atoms with Crippen LogP contribution in [-0.4, -0.2) is 24.7 Å². The van der Waals surface area contributed by atoms with Gasteiger partial charge in [0, 0.05) is 19.3 Å². The van der Waals surface area contributed by atoms with Gasteiger partial charge in [-0.05, 0) is 31.9 Å². The van der Waals surface area contributed by atoms with Gasteiger partial charge in [0.2, 0.25) is 0 Å². The number of aliphatic carboxylic acids is 1. The summed E-state index contributed by atoms with van der Waals surface area (Å²) in [6, 6.07) is 8.27. The van der Waals surface area contributed by atoms with Crippen molar-refractivity contribution >= 4 is 11.7 Å². The van der Waals surface area contributed by atoms with Gasteiger partial charge < -0.3 is 10.0 Å². The average Bonchev–Trinajstić information content (AvgIpc) is 2.40. The topological polar surface area (TPSA) is 40.5 Å². The number of aryl methyl sites for hydroxylation is 1. The van der Waals surface area contributed by atoms with Crippen molar-refractivity contribution in [3.8, 4) is 0 Å². The van der Waals surface area contributed by atoms with Gasteiger partial charge in [-0.25, -0.2) is 0 Å². The highest BCUT2D eigenvalue weighted by Gasteiger charge is 2.40. The smallest absolute Gasteiger partial charge is 0.311 e. The summed E-state index contributed by atoms with van der Waals surface area (Å²) >= 11 is 0. The third kappa shape index (κ3) is 3.09. The van der Waals surface area contributed by atoms with Gasteiger partial charge in [0.25, 0.3) is 0 Å². The van der Waals surface area contributed by atoms with Crippen molar-refractivity contribution in [3.63, 3.8) is 0 Å². The Bertz CT molecular complexity index is 433. The molecule has 1 aliphatic carbocycles. The summed E-state index contributed by atoms with van der Waals surface area (Å²) in [5.74, 6) is -0.633. The van der Waals surface area contributed by atoms with Gasteiger partial charge in [0.05, 0.1) is 5.41 Å². The van der Waals surface area contributed by atoms with E-state index in [1.165, 1.54) is 12.0 Å². The normalized spacial score (nSPS) is 18.0. The van der Waals surface area contributed by atoms with Crippen LogP contribution in [0, 0.1) is 12.3 Å². The molecule has 3 heteroatoms. The molecule has 1 aliphatic rings. The van der Waals surface area contributed by atoms with Crippen molar-refractivity contribution in [1.82, 2.24) is 0 Å². The van der Waals surface area contributed by atoms with Crippen molar-refractivity contribution in [1.29, 1.82) is 0 Å². The van der Waals surface area contributed by atoms with Crippen LogP contribution in [0.1, 0.15) is 37.7 Å². The molecule has 0 aromatic heterocycles. The van der Waals surface area contributed by atoms with Crippen molar-refractivity contribution in [2.45, 2.75) is 39.0 Å². The highest BCUT2D eigenvalue weighted by molar-refractivity contribution is 5.75. The molecule has 104 valence electrons. The number of hydrogen-bond donors (Lipinski definition) is 1. The highest BCUT2D eigenvalue weighted by Crippen LogP contribution is 2.38. The Kier molecular flexibility index (Phi) is 4.13. The number of carboxylic acid groups (broad SMARTS) is 1. The Morgan fingerprint density at radius 3 is 2.32 bits per heavy atom. The minimum atomic E-state index is -0.633. The lowest BCUT2D eigenvalue weighted by molar-refractivity contribution is -0.150. The SMILES string of the molecule is Cc1ccc(N(C)CC2(C(=O)O)CCCCC2)cc1. The van der Waals surface area contributed by atoms with Gasteiger partial charge in [-0.1, -0.05) is 37.0 Å². The molecule has 1 aromatic rings. The molecule has 0 unspecified atom stereocenters. The number of carbonyl (C=O) groups is 1. The maximum absolute atomic E-state index is 11.7. The first-order valence-electron chi connectivity index (χ1n) is 7.05. The molecular formula is C16H23NO2. The summed E-state index contributed by atoms with van der Waals surface area (Å²) in [5, 5.41) is 9.60. The summed E-state index contributed by atoms with van der Waals surface area (Å²) < 4.78 is 0. The first-order valence-corrected chi connectivity index (χ1v) is 7.05. The summed E-state index contributed by atoms with van der Waals surface area (Å²) in [6.07, 6.45) is 4.85. The molecule has 0 radical (unpaired) electrons. The van der Waals surface area contributed by atoms with E-state index in [9.17, 15) is 9.90 Å². The molecule has 0 saturated heterocycles. The summed E-state index contributed by atoms with van der Waals surface area (Å²) in [4.78, 5) is 13.8. The molecule has 0 heterocycles. The maximum Gasteiger partial charge on any atom is 0.311 e. The molecule has 19 heavy (non-hydrogen) atoms. The zero-order chi connectivity index (χ0) is 13.9. The first kappa shape index (κ1) is 13.9. The van der Waals surface area contributed by atoms with Crippen LogP contribution in [0.15, 0.2) is 24.3 Å². The number of rotatable bonds is 4. The maximum atomic E-state index is 11.7. The molecule has 0 amide bonds. The Morgan fingerprint density at radius 1 is 1.21 bits per heavy atom. The van der Waals surface area contributed by atoms with Crippen LogP contribution in [0.5, 0.6) is 0 Å². The van der Waals surface area contributed by atoms with Gasteiger partial charge in [0.1, 0.15) is 0 Å². The molecule has 0 aliphatic heterocycles. The van der Waals surface area contributed by atoms with E-state index in [2.05, 4.69) is 36.1 Å². The molecule has 1 aromatic carbocycles. The fraction of sp³-hybridized carbons (Fsp3) is 0.562. The third-order valence-electron chi connectivity index (χ3n) is 4.28. The quantitative estimate of drug-likeness (QED) is 0.902. The zero-order valence-corrected chi connectivity index (χ0v) is 11.9. The molecule has 1 saturated carbocycles. The van der Waals surface area contributed by atoms with Crippen molar-refractivity contribution in [2.24, 2.45) is 5.41 Å². The van der Waals surface area contributed by atoms with Crippen molar-refractivity contribution < 1.29 is 9.90 Å². The van der Waals surface area contributed by atoms with Crippen LogP contribution in [0.2, 0.25) is 0 Å². The molecular weight excluding hydrogens is 238 g/mol. The van der Waals surface area contributed by atoms with Crippen LogP contribution in [-0.2, 0) is 4.79 Å². The van der Waals surface area contributed by atoms with Crippen LogP contribution in [0.25, 0.3) is 0 Å². The molecule has 1 N–H and O–H groups in total. The highest BCUT2D eigenvalue weighted by atomic mass is 16.4. The van der Waals surface area contributed by atoms with Crippen LogP contribution >= 0.6 is 0 Å². The number of anilines is 1. The van der Waals surface area contributed by atoms with E-state index in [0.29, 0.717) is 6.54 Å². The molecule has 3 nitrogen and oxygen atoms in total. The first-order chi connectivity index (χ1) is 9.03. The van der Waals surface area contributed by atoms with Gasteiger partial charge in [-0.3, -0.25) is 4.79 Å². The lowest BCUT2D eigenvalue weighted by atomic mass is 9.73. The molecule has 0 spiro atoms. The molecule has 2 rings (SSSR count). The Morgan fingerprint density at radius 2 is 1.79 bits per heavy atom. The number of carboxylic acids is 1. The Hall–Kier alpha value is -1.51. The monoisotopic (exact) mass is 261 g/mol. The fourth-order valence-corrected chi connectivity index (χ4v) is 3.01. The second-order valence-corrected chi connectivity index (χ2v) is 5.84. The van der Waals surface area contributed by atoms with Gasteiger partial charge in [-0.15, -0.1) is 0 Å². The zero-order valence-electron chi connectivity index (χ0n) is 11.9. The molecule has 0 atom stereocenters. The summed E-state index contributed by atoms with van der Waals surface area (Å²) in [7, 11) is 1.99. The standard InChI is InChI=1S/C16H23NO2/c1-13-6-8-14(9-7-13)17(2)12-16(15(18)19)10-4-3-5-11-16/h6-9H,3-5,10-12H2,1-2H3,(H,18,19). The lowest BCUT2D eigenvalue weighted by Crippen LogP contribution is -2.43. The van der Waals surface area contributed by atoms with E-state index in [1.54, 1.807) is 0 Å². The van der Waals surface area contributed by atoms with E-state index in [1.807, 2.05) is 7.05 Å². The molecule has 1 fully saturated rings. The van der Waals surface area contributed by atoms with E-state index in [-0.39, 0.29) is 0 Å². The van der Waals surface area contributed by atoms with Gasteiger partial charge in [-0.2, -0.15) is 0 Å². The second-order valence-electron chi connectivity index (χ2n) is 5.84. The van der Waals surface area contributed by atoms with E-state index in [0.717, 1.165) is 31.4 Å². The van der Waals surface area contributed by atoms with Crippen molar-refractivity contribution in [3.05, 3.63) is 29.8 Å². The summed E-state index contributed by atoms with van der Waals surface area (Å²) in [6.45, 7) is 2.66. The van der Waals surface area contributed by atoms with Crippen molar-refractivity contribution in [2.75, 3.05) is 18.5 Å². The van der Waals surface area contributed by atoms with Crippen LogP contribution < -0.4 is 4.90 Å². The minimum Gasteiger partial charge on any atom is -0.481 e. The largest absolute Gasteiger partial charge is 0.481 e. The van der Waals surface area contributed by atoms with E-state index in [4.69, 9.17) is 0 Å². The van der Waals surface area contributed by atoms with Crippen LogP contribution in [0.3, 0.4) is 0 Å². The predicted molar refractivity (Wildman–Crippen MR) is 77.6 cm³/mol. The predicted octanol–water partition coefficient (Wildman–Crippen LogP) is 3.47. The number of hydrogen-bond acceptors (Lipinski definition) is 2. The number of nitrogens with zero attached hydrogens (tertiary/aromatic N) is 1. The van der Waals surface area contributed by atoms with E-state index >= 15 is 0 Å². The number of benzene rings is 1. The van der Waals surface area contributed by atoms with Gasteiger partial charge in [0.15, 0.2) is 0 Å². The van der Waals surface area contributed by atoms with Gasteiger partial charge >= 0.3 is 5.97 Å². The van der Waals surface area contributed by atoms with Crippen LogP contribution in [0.4, 0.5) is 5.69 Å². The second kappa shape index (κ2) is 5.64. The molecule has 0 bridgehead atoms. The summed E-state index contributed by atoms with van der Waals surface area (Å²) in [5.41, 5.74) is 1.76. The Balaban J connectivity index is 2.12. The Labute approximate surface area is 115 Å². The lowest BCUT2D eigenvalue weighted by Gasteiger charge is -2.37. The average molecular weight is 261 g/mol. The fourth-order valence-electron chi connectivity index (χ4n) is 3.01.